The molecule has 4 rings (SSSR count). The Kier molecular flexibility index (Phi) is 13.2. The molecule has 0 aliphatic carbocycles. The van der Waals surface area contributed by atoms with Crippen LogP contribution in [-0.2, 0) is 14.8 Å². The van der Waals surface area contributed by atoms with E-state index >= 15 is 0 Å². The summed E-state index contributed by atoms with van der Waals surface area (Å²) in [6.45, 7) is 5.85. The molecule has 11 nitrogen and oxygen atoms in total. The number of fused-ring (bicyclic) bond motifs is 1. The lowest BCUT2D eigenvalue weighted by Gasteiger charge is -2.35. The van der Waals surface area contributed by atoms with Crippen LogP contribution in [0.4, 0.5) is 16.2 Å². The molecule has 0 spiro atoms. The number of amides is 3. The zero-order valence-corrected chi connectivity index (χ0v) is 29.3. The first-order valence-corrected chi connectivity index (χ1v) is 17.9. The summed E-state index contributed by atoms with van der Waals surface area (Å²) in [6.07, 6.45) is 1.42. The minimum atomic E-state index is -3.85. The Balaban J connectivity index is 1.62. The van der Waals surface area contributed by atoms with Crippen molar-refractivity contribution in [1.82, 2.24) is 9.21 Å². The van der Waals surface area contributed by atoms with Crippen molar-refractivity contribution < 1.29 is 32.6 Å². The van der Waals surface area contributed by atoms with E-state index < -0.39 is 34.1 Å². The Morgan fingerprint density at radius 1 is 1.04 bits per heavy atom. The highest BCUT2D eigenvalue weighted by Crippen LogP contribution is 2.29. The van der Waals surface area contributed by atoms with Gasteiger partial charge in [-0.25, -0.2) is 13.2 Å². The lowest BCUT2D eigenvalue weighted by Crippen LogP contribution is -2.48. The van der Waals surface area contributed by atoms with Gasteiger partial charge in [0.1, 0.15) is 5.75 Å². The van der Waals surface area contributed by atoms with Crippen LogP contribution in [0.2, 0.25) is 5.02 Å². The maximum atomic E-state index is 14.3. The van der Waals surface area contributed by atoms with Gasteiger partial charge in [-0.2, -0.15) is 4.31 Å². The van der Waals surface area contributed by atoms with Crippen LogP contribution in [0.25, 0.3) is 0 Å². The molecule has 3 aromatic rings. The third-order valence-corrected chi connectivity index (χ3v) is 10.4. The third kappa shape index (κ3) is 9.93. The fourth-order valence-electron chi connectivity index (χ4n) is 5.42. The van der Waals surface area contributed by atoms with E-state index in [2.05, 4.69) is 10.6 Å². The number of nitrogens with zero attached hydrogens (tertiary/aromatic N) is 2. The van der Waals surface area contributed by atoms with E-state index in [1.54, 1.807) is 42.2 Å². The summed E-state index contributed by atoms with van der Waals surface area (Å²) in [4.78, 5) is 28.8. The average molecular weight is 701 g/mol. The van der Waals surface area contributed by atoms with Gasteiger partial charge in [0.25, 0.3) is 5.91 Å². The van der Waals surface area contributed by atoms with E-state index in [0.717, 1.165) is 12.8 Å². The monoisotopic (exact) mass is 700 g/mol. The Morgan fingerprint density at radius 3 is 2.42 bits per heavy atom. The molecule has 0 radical (unpaired) electrons. The van der Waals surface area contributed by atoms with Gasteiger partial charge in [0.15, 0.2) is 0 Å². The quantitative estimate of drug-likeness (QED) is 0.258. The highest BCUT2D eigenvalue weighted by Gasteiger charge is 2.32. The molecule has 48 heavy (non-hydrogen) atoms. The molecule has 3 amide bonds. The predicted octanol–water partition coefficient (Wildman–Crippen LogP) is 6.10. The SMILES string of the molecule is C[C@@H]1CN([C@H](C)CO)C(=O)c2cc(NC(=O)Nc3ccccc3)ccc2O[C@@H](C)CCCCO[C@@H]1CN(C)S(=O)(=O)c1ccc(Cl)cc1. The average Bonchev–Trinajstić information content (AvgIpc) is 3.06. The molecule has 0 saturated heterocycles. The van der Waals surface area contributed by atoms with Gasteiger partial charge in [0.2, 0.25) is 10.0 Å². The minimum Gasteiger partial charge on any atom is -0.490 e. The molecule has 0 fully saturated rings. The number of likely N-dealkylation sites (N-methyl/N-ethyl adjacent to an activating group) is 1. The number of ether oxygens (including phenoxy) is 2. The summed E-state index contributed by atoms with van der Waals surface area (Å²) in [6, 6.07) is 18.8. The molecular formula is C35H45ClN4O7S. The molecule has 3 N–H and O–H groups in total. The van der Waals surface area contributed by atoms with Gasteiger partial charge in [-0.1, -0.05) is 36.7 Å². The van der Waals surface area contributed by atoms with Gasteiger partial charge in [0.05, 0.1) is 35.3 Å². The zero-order valence-electron chi connectivity index (χ0n) is 27.8. The van der Waals surface area contributed by atoms with Gasteiger partial charge in [-0.05, 0) is 87.7 Å². The van der Waals surface area contributed by atoms with Crippen LogP contribution in [0, 0.1) is 5.92 Å². The van der Waals surface area contributed by atoms with E-state index in [0.29, 0.717) is 35.2 Å². The van der Waals surface area contributed by atoms with E-state index in [1.807, 2.05) is 32.0 Å². The van der Waals surface area contributed by atoms with Crippen molar-refractivity contribution >= 4 is 44.9 Å². The first-order chi connectivity index (χ1) is 22.9. The van der Waals surface area contributed by atoms with Crippen LogP contribution >= 0.6 is 11.6 Å². The van der Waals surface area contributed by atoms with Gasteiger partial charge in [-0.15, -0.1) is 0 Å². The third-order valence-electron chi connectivity index (χ3n) is 8.30. The highest BCUT2D eigenvalue weighted by molar-refractivity contribution is 7.89. The van der Waals surface area contributed by atoms with Crippen LogP contribution in [0.15, 0.2) is 77.7 Å². The van der Waals surface area contributed by atoms with E-state index in [1.165, 1.54) is 35.6 Å². The largest absolute Gasteiger partial charge is 0.490 e. The molecule has 13 heteroatoms. The number of anilines is 2. The summed E-state index contributed by atoms with van der Waals surface area (Å²) in [5, 5.41) is 16.2. The Labute approximate surface area is 288 Å². The second-order valence-electron chi connectivity index (χ2n) is 12.2. The number of carbonyl (C=O) groups is 2. The summed E-state index contributed by atoms with van der Waals surface area (Å²) in [7, 11) is -2.35. The number of carbonyl (C=O) groups excluding carboxylic acids is 2. The van der Waals surface area contributed by atoms with Crippen molar-refractivity contribution in [2.75, 3.05) is 44.0 Å². The number of halogens is 1. The first kappa shape index (κ1) is 37.1. The zero-order chi connectivity index (χ0) is 34.8. The second-order valence-corrected chi connectivity index (χ2v) is 14.7. The molecule has 1 heterocycles. The highest BCUT2D eigenvalue weighted by atomic mass is 35.5. The molecule has 1 aliphatic rings. The topological polar surface area (TPSA) is 138 Å². The lowest BCUT2D eigenvalue weighted by atomic mass is 10.0. The Hall–Kier alpha value is -3.68. The molecule has 260 valence electrons. The Morgan fingerprint density at radius 2 is 1.73 bits per heavy atom. The fraction of sp³-hybridized carbons (Fsp3) is 0.429. The van der Waals surface area contributed by atoms with Crippen LogP contribution in [0.3, 0.4) is 0 Å². The number of hydrogen-bond donors (Lipinski definition) is 3. The molecule has 0 aromatic heterocycles. The maximum absolute atomic E-state index is 14.3. The van der Waals surface area contributed by atoms with Crippen LogP contribution in [-0.4, -0.2) is 86.3 Å². The normalized spacial score (nSPS) is 20.3. The standard InChI is InChI=1S/C35H45ClN4O7S/c1-24-21-40(25(2)23-41)34(42)31-20-29(38-35(43)37-28-11-6-5-7-12-28)15-18-32(31)47-26(3)10-8-9-19-46-33(24)22-39(4)48(44,45)30-16-13-27(36)14-17-30/h5-7,11-18,20,24-26,33,41H,8-10,19,21-23H2,1-4H3,(H2,37,38,43)/t24-,25-,26+,33-/m1/s1. The van der Waals surface area contributed by atoms with Crippen LogP contribution < -0.4 is 15.4 Å². The summed E-state index contributed by atoms with van der Waals surface area (Å²) < 4.78 is 40.7. The van der Waals surface area contributed by atoms with Gasteiger partial charge in [-0.3, -0.25) is 4.79 Å². The number of rotatable bonds is 8. The summed E-state index contributed by atoms with van der Waals surface area (Å²) >= 11 is 5.98. The van der Waals surface area contributed by atoms with Crippen LogP contribution in [0.1, 0.15) is 50.4 Å². The molecule has 0 saturated carbocycles. The number of hydrogen-bond acceptors (Lipinski definition) is 7. The molecular weight excluding hydrogens is 656 g/mol. The lowest BCUT2D eigenvalue weighted by molar-refractivity contribution is -0.00833. The maximum Gasteiger partial charge on any atom is 0.323 e. The number of sulfonamides is 1. The second kappa shape index (κ2) is 17.1. The van der Waals surface area contributed by atoms with Gasteiger partial charge < -0.3 is 30.1 Å². The molecule has 3 aromatic carbocycles. The van der Waals surface area contributed by atoms with Crippen LogP contribution in [0.5, 0.6) is 5.75 Å². The molecule has 4 atom stereocenters. The van der Waals surface area contributed by atoms with Gasteiger partial charge in [0, 0.05) is 49.1 Å². The predicted molar refractivity (Wildman–Crippen MR) is 187 cm³/mol. The summed E-state index contributed by atoms with van der Waals surface area (Å²) in [5.74, 6) is -0.381. The number of aliphatic hydroxyl groups is 1. The fourth-order valence-corrected chi connectivity index (χ4v) is 6.72. The molecule has 0 unspecified atom stereocenters. The van der Waals surface area contributed by atoms with E-state index in [9.17, 15) is 23.1 Å². The van der Waals surface area contributed by atoms with Crippen molar-refractivity contribution in [3.63, 3.8) is 0 Å². The minimum absolute atomic E-state index is 0.0440. The van der Waals surface area contributed by atoms with Gasteiger partial charge >= 0.3 is 6.03 Å². The number of aliphatic hydroxyl groups excluding tert-OH is 1. The Bertz CT molecular complexity index is 1630. The number of nitrogens with one attached hydrogen (secondary N) is 2. The van der Waals surface area contributed by atoms with Crippen molar-refractivity contribution in [3.8, 4) is 5.75 Å². The van der Waals surface area contributed by atoms with E-state index in [-0.39, 0.29) is 42.2 Å². The molecule has 0 bridgehead atoms. The van der Waals surface area contributed by atoms with Crippen molar-refractivity contribution in [1.29, 1.82) is 0 Å². The van der Waals surface area contributed by atoms with E-state index in [4.69, 9.17) is 21.1 Å². The first-order valence-electron chi connectivity index (χ1n) is 16.1. The number of para-hydroxylation sites is 1. The number of urea groups is 1. The van der Waals surface area contributed by atoms with Crippen molar-refractivity contribution in [2.24, 2.45) is 5.92 Å². The van der Waals surface area contributed by atoms with Crippen molar-refractivity contribution in [2.45, 2.75) is 63.2 Å². The van der Waals surface area contributed by atoms with Crippen molar-refractivity contribution in [3.05, 3.63) is 83.4 Å². The smallest absolute Gasteiger partial charge is 0.323 e. The molecule has 1 aliphatic heterocycles. The summed E-state index contributed by atoms with van der Waals surface area (Å²) in [5.41, 5.74) is 1.22. The number of benzene rings is 3.